The molecule has 0 aliphatic carbocycles. The molecule has 0 radical (unpaired) electrons. The minimum absolute atomic E-state index is 0.148. The maximum atomic E-state index is 13.8. The van der Waals surface area contributed by atoms with Crippen molar-refractivity contribution in [3.8, 4) is 11.5 Å². The van der Waals surface area contributed by atoms with Crippen LogP contribution in [0.5, 0.6) is 11.5 Å². The van der Waals surface area contributed by atoms with Gasteiger partial charge < -0.3 is 29.7 Å². The number of nitrogens with one attached hydrogen (secondary N) is 3. The molecule has 3 N–H and O–H groups in total. The molecule has 0 saturated carbocycles. The highest BCUT2D eigenvalue weighted by molar-refractivity contribution is 6.43. The molecule has 0 spiro atoms. The number of nitrogens with zero attached hydrogens (tertiary/aromatic N) is 1. The number of carbonyl (C=O) groups excluding carboxylic acids is 2. The second-order valence-corrected chi connectivity index (χ2v) is 8.07. The lowest BCUT2D eigenvalue weighted by Crippen LogP contribution is -2.42. The van der Waals surface area contributed by atoms with E-state index in [0.717, 1.165) is 17.9 Å². The molecule has 2 aromatic carbocycles. The van der Waals surface area contributed by atoms with Crippen molar-refractivity contribution in [1.82, 2.24) is 0 Å². The Morgan fingerprint density at radius 2 is 1.86 bits per heavy atom. The van der Waals surface area contributed by atoms with E-state index >= 15 is 0 Å². The van der Waals surface area contributed by atoms with Gasteiger partial charge in [0, 0.05) is 30.0 Å². The summed E-state index contributed by atoms with van der Waals surface area (Å²) in [5, 5.41) is 14.8. The SMILES string of the molecule is CCCOc1ccc(N2CCC(C(=N)C(=O)OCC)=C(Nc3ccc(OC)cc3)C2=O)cc1NCC. The summed E-state index contributed by atoms with van der Waals surface area (Å²) < 4.78 is 16.1. The number of methoxy groups -OCH3 is 1. The molecule has 2 aromatic rings. The number of benzene rings is 2. The fourth-order valence-corrected chi connectivity index (χ4v) is 3.84. The van der Waals surface area contributed by atoms with Gasteiger partial charge in [-0.3, -0.25) is 10.2 Å². The second-order valence-electron chi connectivity index (χ2n) is 8.07. The number of rotatable bonds is 12. The molecule has 0 fully saturated rings. The van der Waals surface area contributed by atoms with Crippen molar-refractivity contribution in [1.29, 1.82) is 5.41 Å². The van der Waals surface area contributed by atoms with Crippen molar-refractivity contribution in [2.45, 2.75) is 33.6 Å². The van der Waals surface area contributed by atoms with Gasteiger partial charge >= 0.3 is 5.97 Å². The van der Waals surface area contributed by atoms with Crippen molar-refractivity contribution in [3.63, 3.8) is 0 Å². The molecule has 0 atom stereocenters. The highest BCUT2D eigenvalue weighted by Gasteiger charge is 2.33. The molecule has 0 unspecified atom stereocenters. The zero-order valence-corrected chi connectivity index (χ0v) is 21.3. The Balaban J connectivity index is 1.98. The molecule has 0 aromatic heterocycles. The van der Waals surface area contributed by atoms with Crippen LogP contribution in [0.25, 0.3) is 0 Å². The minimum Gasteiger partial charge on any atom is -0.497 e. The van der Waals surface area contributed by atoms with Crippen LogP contribution in [-0.2, 0) is 14.3 Å². The van der Waals surface area contributed by atoms with Gasteiger partial charge in [-0.1, -0.05) is 6.92 Å². The molecule has 1 aliphatic rings. The summed E-state index contributed by atoms with van der Waals surface area (Å²) in [5.74, 6) is 0.302. The van der Waals surface area contributed by atoms with Crippen molar-refractivity contribution < 1.29 is 23.8 Å². The van der Waals surface area contributed by atoms with Crippen molar-refractivity contribution in [3.05, 3.63) is 53.7 Å². The van der Waals surface area contributed by atoms with E-state index in [-0.39, 0.29) is 23.9 Å². The van der Waals surface area contributed by atoms with E-state index in [1.165, 1.54) is 0 Å². The van der Waals surface area contributed by atoms with Crippen molar-refractivity contribution in [2.24, 2.45) is 0 Å². The Hall–Kier alpha value is -4.01. The van der Waals surface area contributed by atoms with Crippen LogP contribution in [0.1, 0.15) is 33.6 Å². The number of ether oxygens (including phenoxy) is 3. The number of hydrogen-bond donors (Lipinski definition) is 3. The van der Waals surface area contributed by atoms with Gasteiger partial charge in [-0.05, 0) is 69.2 Å². The summed E-state index contributed by atoms with van der Waals surface area (Å²) >= 11 is 0. The fourth-order valence-electron chi connectivity index (χ4n) is 3.84. The highest BCUT2D eigenvalue weighted by Crippen LogP contribution is 2.33. The van der Waals surface area contributed by atoms with Gasteiger partial charge in [0.25, 0.3) is 5.91 Å². The summed E-state index contributed by atoms with van der Waals surface area (Å²) in [7, 11) is 1.58. The summed E-state index contributed by atoms with van der Waals surface area (Å²) in [6, 6.07) is 12.7. The first-order chi connectivity index (χ1) is 17.4. The van der Waals surface area contributed by atoms with Crippen molar-refractivity contribution >= 4 is 34.7 Å². The second kappa shape index (κ2) is 12.6. The molecular weight excluding hydrogens is 460 g/mol. The van der Waals surface area contributed by atoms with Gasteiger partial charge in [-0.15, -0.1) is 0 Å². The number of carbonyl (C=O) groups is 2. The first-order valence-corrected chi connectivity index (χ1v) is 12.2. The molecular formula is C27H34N4O5. The molecule has 9 nitrogen and oxygen atoms in total. The molecule has 36 heavy (non-hydrogen) atoms. The predicted octanol–water partition coefficient (Wildman–Crippen LogP) is 4.60. The van der Waals surface area contributed by atoms with E-state index < -0.39 is 5.97 Å². The van der Waals surface area contributed by atoms with Crippen molar-refractivity contribution in [2.75, 3.05) is 48.9 Å². The van der Waals surface area contributed by atoms with E-state index in [4.69, 9.17) is 19.6 Å². The summed E-state index contributed by atoms with van der Waals surface area (Å²) in [6.07, 6.45) is 1.20. The smallest absolute Gasteiger partial charge is 0.356 e. The quantitative estimate of drug-likeness (QED) is 0.292. The minimum atomic E-state index is -0.755. The number of anilines is 3. The topological polar surface area (TPSA) is 113 Å². The fraction of sp³-hybridized carbons (Fsp3) is 0.370. The molecule has 1 aliphatic heterocycles. The summed E-state index contributed by atoms with van der Waals surface area (Å²) in [6.45, 7) is 7.47. The number of hydrogen-bond acceptors (Lipinski definition) is 8. The summed E-state index contributed by atoms with van der Waals surface area (Å²) in [5.41, 5.74) is 2.29. The van der Waals surface area contributed by atoms with Gasteiger partial charge in [0.05, 0.1) is 26.0 Å². The maximum absolute atomic E-state index is 13.8. The van der Waals surface area contributed by atoms with E-state index in [1.54, 1.807) is 43.2 Å². The Morgan fingerprint density at radius 3 is 2.50 bits per heavy atom. The third-order valence-corrected chi connectivity index (χ3v) is 5.59. The van der Waals surface area contributed by atoms with E-state index in [1.807, 2.05) is 32.0 Å². The maximum Gasteiger partial charge on any atom is 0.356 e. The van der Waals surface area contributed by atoms with Gasteiger partial charge in [0.1, 0.15) is 22.9 Å². The van der Waals surface area contributed by atoms with Crippen LogP contribution in [0.2, 0.25) is 0 Å². The highest BCUT2D eigenvalue weighted by atomic mass is 16.5. The van der Waals surface area contributed by atoms with Crippen LogP contribution in [-0.4, -0.2) is 51.0 Å². The third-order valence-electron chi connectivity index (χ3n) is 5.59. The Bertz CT molecular complexity index is 1130. The van der Waals surface area contributed by atoms with Crippen LogP contribution in [0.3, 0.4) is 0 Å². The van der Waals surface area contributed by atoms with E-state index in [2.05, 4.69) is 10.6 Å². The average molecular weight is 495 g/mol. The van der Waals surface area contributed by atoms with Gasteiger partial charge in [0.15, 0.2) is 0 Å². The standard InChI is InChI=1S/C27H34N4O5/c1-5-16-36-23-13-10-19(17-22(23)29-6-2)31-15-14-21(24(28)27(33)35-7-3)25(26(31)32)30-18-8-11-20(34-4)12-9-18/h8-13,17,28-30H,5-7,14-16H2,1-4H3. The average Bonchev–Trinajstić information content (AvgIpc) is 2.89. The Labute approximate surface area is 211 Å². The van der Waals surface area contributed by atoms with Crippen LogP contribution in [0.15, 0.2) is 53.7 Å². The van der Waals surface area contributed by atoms with E-state index in [0.29, 0.717) is 48.8 Å². The molecule has 1 heterocycles. The van der Waals surface area contributed by atoms with Gasteiger partial charge in [0.2, 0.25) is 0 Å². The number of esters is 1. The Kier molecular flexibility index (Phi) is 9.32. The van der Waals surface area contributed by atoms with Gasteiger partial charge in [-0.25, -0.2) is 4.79 Å². The molecule has 192 valence electrons. The lowest BCUT2D eigenvalue weighted by molar-refractivity contribution is -0.135. The van der Waals surface area contributed by atoms with Gasteiger partial charge in [-0.2, -0.15) is 0 Å². The first kappa shape index (κ1) is 26.6. The number of amides is 1. The van der Waals surface area contributed by atoms with Crippen LogP contribution < -0.4 is 25.0 Å². The molecule has 9 heteroatoms. The monoisotopic (exact) mass is 494 g/mol. The van der Waals surface area contributed by atoms with Crippen LogP contribution in [0, 0.1) is 5.41 Å². The lowest BCUT2D eigenvalue weighted by atomic mass is 9.98. The summed E-state index contributed by atoms with van der Waals surface area (Å²) in [4.78, 5) is 27.7. The van der Waals surface area contributed by atoms with Crippen LogP contribution >= 0.6 is 0 Å². The third kappa shape index (κ3) is 6.16. The lowest BCUT2D eigenvalue weighted by Gasteiger charge is -2.31. The van der Waals surface area contributed by atoms with Crippen LogP contribution in [0.4, 0.5) is 17.1 Å². The normalized spacial score (nSPS) is 13.3. The molecule has 0 bridgehead atoms. The first-order valence-electron chi connectivity index (χ1n) is 12.2. The predicted molar refractivity (Wildman–Crippen MR) is 141 cm³/mol. The zero-order valence-electron chi connectivity index (χ0n) is 21.3. The Morgan fingerprint density at radius 1 is 1.11 bits per heavy atom. The largest absolute Gasteiger partial charge is 0.497 e. The molecule has 3 rings (SSSR count). The molecule has 1 amide bonds. The van der Waals surface area contributed by atoms with E-state index in [9.17, 15) is 9.59 Å². The zero-order chi connectivity index (χ0) is 26.1. The molecule has 0 saturated heterocycles.